The molecule has 5 heterocycles. The maximum absolute atomic E-state index is 5.32. The molecule has 0 saturated carbocycles. The highest BCUT2D eigenvalue weighted by molar-refractivity contribution is 7.26. The average Bonchev–Trinajstić information content (AvgIpc) is 4.04. The van der Waals surface area contributed by atoms with Crippen LogP contribution in [0.25, 0.3) is 125 Å². The van der Waals surface area contributed by atoms with Crippen LogP contribution in [0.15, 0.2) is 194 Å². The molecule has 13 rings (SSSR count). The summed E-state index contributed by atoms with van der Waals surface area (Å²) in [5.74, 6) is 2.59. The number of fused-ring (bicyclic) bond motifs is 9. The van der Waals surface area contributed by atoms with E-state index in [1.807, 2.05) is 36.4 Å². The van der Waals surface area contributed by atoms with Crippen LogP contribution in [0, 0.1) is 0 Å². The minimum Gasteiger partial charge on any atom is -0.309 e. The second kappa shape index (κ2) is 14.3. The molecular formula is C55H32N6S2. The molecule has 6 nitrogen and oxygen atoms in total. The highest BCUT2D eigenvalue weighted by Crippen LogP contribution is 2.44. The van der Waals surface area contributed by atoms with Gasteiger partial charge in [-0.2, -0.15) is 0 Å². The maximum atomic E-state index is 5.32. The Kier molecular flexibility index (Phi) is 8.15. The lowest BCUT2D eigenvalue weighted by Gasteiger charge is -2.11. The number of thiophene rings is 2. The Morgan fingerprint density at radius 1 is 0.333 bits per heavy atom. The number of benzene rings is 8. The van der Waals surface area contributed by atoms with Gasteiger partial charge in [-0.1, -0.05) is 127 Å². The highest BCUT2D eigenvalue weighted by Gasteiger charge is 2.20. The molecule has 5 aromatic heterocycles. The van der Waals surface area contributed by atoms with E-state index in [9.17, 15) is 0 Å². The minimum atomic E-state index is 0.618. The van der Waals surface area contributed by atoms with Crippen molar-refractivity contribution < 1.29 is 0 Å². The molecule has 0 aliphatic heterocycles. The van der Waals surface area contributed by atoms with E-state index >= 15 is 0 Å². The molecule has 0 unspecified atom stereocenters. The number of nitrogens with zero attached hydrogens (tertiary/aromatic N) is 6. The van der Waals surface area contributed by atoms with E-state index in [0.717, 1.165) is 76.1 Å². The Balaban J connectivity index is 0.940. The number of para-hydroxylation sites is 2. The first-order valence-electron chi connectivity index (χ1n) is 20.8. The van der Waals surface area contributed by atoms with E-state index in [-0.39, 0.29) is 0 Å². The summed E-state index contributed by atoms with van der Waals surface area (Å²) >= 11 is 3.52. The molecule has 63 heavy (non-hydrogen) atoms. The van der Waals surface area contributed by atoms with Crippen LogP contribution in [0.4, 0.5) is 0 Å². The van der Waals surface area contributed by atoms with Crippen molar-refractivity contribution in [2.24, 2.45) is 0 Å². The predicted molar refractivity (Wildman–Crippen MR) is 263 cm³/mol. The van der Waals surface area contributed by atoms with Gasteiger partial charge in [0.2, 0.25) is 0 Å². The Morgan fingerprint density at radius 2 is 0.873 bits per heavy atom. The number of rotatable bonds is 6. The number of hydrogen-bond acceptors (Lipinski definition) is 7. The van der Waals surface area contributed by atoms with Crippen LogP contribution in [0.5, 0.6) is 0 Å². The molecule has 0 aliphatic rings. The fourth-order valence-corrected chi connectivity index (χ4v) is 11.3. The quantitative estimate of drug-likeness (QED) is 0.167. The SMILES string of the molecule is c1ccc(-c2nc(-c3ccc(-n4c5ccccc5c5ccccc54)cc3)nc(-c3ccc4sc5c(-c6nc(-c7ccccc7)c7sc8ccccc8c7n6)cccc5c4c3)n2)cc1. The molecule has 13 aromatic rings. The molecule has 8 heteroatoms. The summed E-state index contributed by atoms with van der Waals surface area (Å²) in [6.45, 7) is 0. The van der Waals surface area contributed by atoms with Gasteiger partial charge in [0.05, 0.1) is 26.9 Å². The summed E-state index contributed by atoms with van der Waals surface area (Å²) in [4.78, 5) is 26.0. The van der Waals surface area contributed by atoms with Crippen molar-refractivity contribution in [1.29, 1.82) is 0 Å². The summed E-state index contributed by atoms with van der Waals surface area (Å²) in [6.07, 6.45) is 0. The largest absolute Gasteiger partial charge is 0.309 e. The zero-order valence-corrected chi connectivity index (χ0v) is 35.1. The fraction of sp³-hybridized carbons (Fsp3) is 0. The standard InChI is InChI=1S/C55H32N6S2/c1-3-14-33(15-4-1)48-51-49(41-20-9-12-25-46(41)63-51)57-55(56-48)42-22-13-21-40-43-32-36(28-31-47(43)62-50(40)42)54-59-52(34-16-5-2-6-17-34)58-53(60-54)35-26-29-37(30-27-35)61-44-23-10-7-18-38(44)39-19-8-11-24-45(39)61/h1-32H. The van der Waals surface area contributed by atoms with E-state index in [4.69, 9.17) is 24.9 Å². The fourth-order valence-electron chi connectivity index (χ4n) is 8.93. The molecule has 0 fully saturated rings. The molecule has 0 amide bonds. The Bertz CT molecular complexity index is 3860. The zero-order chi connectivity index (χ0) is 41.4. The third-order valence-corrected chi connectivity index (χ3v) is 14.3. The predicted octanol–water partition coefficient (Wildman–Crippen LogP) is 14.8. The molecule has 0 aliphatic carbocycles. The van der Waals surface area contributed by atoms with Crippen molar-refractivity contribution in [2.75, 3.05) is 0 Å². The Hall–Kier alpha value is -7.91. The van der Waals surface area contributed by atoms with Gasteiger partial charge in [0.25, 0.3) is 0 Å². The van der Waals surface area contributed by atoms with Gasteiger partial charge in [-0.3, -0.25) is 0 Å². The van der Waals surface area contributed by atoms with Crippen LogP contribution in [-0.2, 0) is 0 Å². The van der Waals surface area contributed by atoms with Crippen molar-refractivity contribution in [3.8, 4) is 62.5 Å². The van der Waals surface area contributed by atoms with Gasteiger partial charge in [0.1, 0.15) is 0 Å². The van der Waals surface area contributed by atoms with Crippen molar-refractivity contribution in [3.05, 3.63) is 194 Å². The Morgan fingerprint density at radius 3 is 1.59 bits per heavy atom. The first kappa shape index (κ1) is 35.8. The van der Waals surface area contributed by atoms with E-state index in [0.29, 0.717) is 17.5 Å². The van der Waals surface area contributed by atoms with Crippen LogP contribution in [0.2, 0.25) is 0 Å². The first-order chi connectivity index (χ1) is 31.2. The lowest BCUT2D eigenvalue weighted by molar-refractivity contribution is 1.07. The van der Waals surface area contributed by atoms with E-state index in [2.05, 4.69) is 162 Å². The second-order valence-corrected chi connectivity index (χ2v) is 17.7. The van der Waals surface area contributed by atoms with Crippen LogP contribution < -0.4 is 0 Å². The molecule has 8 aromatic carbocycles. The van der Waals surface area contributed by atoms with Gasteiger partial charge >= 0.3 is 0 Å². The zero-order valence-electron chi connectivity index (χ0n) is 33.5. The molecule has 0 radical (unpaired) electrons. The summed E-state index contributed by atoms with van der Waals surface area (Å²) in [5, 5.41) is 5.90. The molecule has 0 bridgehead atoms. The van der Waals surface area contributed by atoms with Crippen molar-refractivity contribution >= 4 is 85.0 Å². The minimum absolute atomic E-state index is 0.618. The second-order valence-electron chi connectivity index (χ2n) is 15.6. The van der Waals surface area contributed by atoms with Gasteiger partial charge < -0.3 is 4.57 Å². The van der Waals surface area contributed by atoms with Gasteiger partial charge in [-0.25, -0.2) is 24.9 Å². The van der Waals surface area contributed by atoms with Crippen molar-refractivity contribution in [1.82, 2.24) is 29.5 Å². The van der Waals surface area contributed by atoms with E-state index in [1.54, 1.807) is 22.7 Å². The third kappa shape index (κ3) is 5.87. The summed E-state index contributed by atoms with van der Waals surface area (Å²) in [7, 11) is 0. The molecule has 294 valence electrons. The van der Waals surface area contributed by atoms with Crippen LogP contribution in [0.3, 0.4) is 0 Å². The van der Waals surface area contributed by atoms with Crippen molar-refractivity contribution in [3.63, 3.8) is 0 Å². The highest BCUT2D eigenvalue weighted by atomic mass is 32.1. The average molecular weight is 841 g/mol. The van der Waals surface area contributed by atoms with Gasteiger partial charge in [-0.05, 0) is 66.7 Å². The van der Waals surface area contributed by atoms with Gasteiger partial charge in [-0.15, -0.1) is 22.7 Å². The first-order valence-corrected chi connectivity index (χ1v) is 22.5. The molecule has 0 saturated heterocycles. The van der Waals surface area contributed by atoms with Crippen LogP contribution >= 0.6 is 22.7 Å². The normalized spacial score (nSPS) is 11.8. The molecule has 0 spiro atoms. The summed E-state index contributed by atoms with van der Waals surface area (Å²) in [5.41, 5.74) is 10.2. The summed E-state index contributed by atoms with van der Waals surface area (Å²) in [6, 6.07) is 67.8. The van der Waals surface area contributed by atoms with E-state index in [1.165, 1.54) is 31.2 Å². The lowest BCUT2D eigenvalue weighted by atomic mass is 10.1. The maximum Gasteiger partial charge on any atom is 0.164 e. The molecule has 0 N–H and O–H groups in total. The lowest BCUT2D eigenvalue weighted by Crippen LogP contribution is -2.00. The van der Waals surface area contributed by atoms with Gasteiger partial charge in [0, 0.05) is 74.5 Å². The molecule has 0 atom stereocenters. The van der Waals surface area contributed by atoms with Crippen LogP contribution in [0.1, 0.15) is 0 Å². The Labute approximate surface area is 369 Å². The van der Waals surface area contributed by atoms with Crippen LogP contribution in [-0.4, -0.2) is 29.5 Å². The smallest absolute Gasteiger partial charge is 0.164 e. The number of hydrogen-bond donors (Lipinski definition) is 0. The monoisotopic (exact) mass is 840 g/mol. The van der Waals surface area contributed by atoms with Crippen molar-refractivity contribution in [2.45, 2.75) is 0 Å². The topological polar surface area (TPSA) is 69.4 Å². The third-order valence-electron chi connectivity index (χ3n) is 11.9. The number of aromatic nitrogens is 6. The van der Waals surface area contributed by atoms with E-state index < -0.39 is 0 Å². The van der Waals surface area contributed by atoms with Gasteiger partial charge in [0.15, 0.2) is 23.3 Å². The summed E-state index contributed by atoms with van der Waals surface area (Å²) < 4.78 is 6.95. The molecular weight excluding hydrogens is 809 g/mol.